The second kappa shape index (κ2) is 16.1. The minimum atomic E-state index is -1.91. The van der Waals surface area contributed by atoms with Crippen molar-refractivity contribution in [3.05, 3.63) is 56.8 Å². The maximum atomic E-state index is 14.4. The quantitative estimate of drug-likeness (QED) is 0.0953. The Morgan fingerprint density at radius 3 is 1.98 bits per heavy atom. The predicted octanol–water partition coefficient (Wildman–Crippen LogP) is 0.386. The number of fused-ring (bicyclic) bond motifs is 2. The van der Waals surface area contributed by atoms with Crippen molar-refractivity contribution in [1.82, 2.24) is 0 Å². The highest BCUT2D eigenvalue weighted by molar-refractivity contribution is 6.00. The predicted molar refractivity (Wildman–Crippen MR) is 183 cm³/mol. The summed E-state index contributed by atoms with van der Waals surface area (Å²) in [5.41, 5.74) is 1.35. The maximum Gasteiger partial charge on any atom is 0.229 e. The SMILES string of the molecule is COc1cc(CC=C(C)C)c(O)c2c(=O)c3c(CC=C(C)C)c(O[C@H]4O[C@H](CO)[C@@H](O[C@H]5O[C@H](CO)[C@H](O)[C@@H](O)[C@H]5O)[C@H](O)[C@H]4O)cc(O)c3oc12. The lowest BCUT2D eigenvalue weighted by Crippen LogP contribution is -2.65. The van der Waals surface area contributed by atoms with Gasteiger partial charge >= 0.3 is 0 Å². The van der Waals surface area contributed by atoms with Crippen LogP contribution in [0, 0.1) is 0 Å². The molecular formula is C36H46O16. The van der Waals surface area contributed by atoms with Crippen molar-refractivity contribution in [2.75, 3.05) is 20.3 Å². The average molecular weight is 735 g/mol. The van der Waals surface area contributed by atoms with Crippen molar-refractivity contribution in [2.45, 2.75) is 102 Å². The lowest BCUT2D eigenvalue weighted by Gasteiger charge is -2.45. The van der Waals surface area contributed by atoms with E-state index >= 15 is 0 Å². The van der Waals surface area contributed by atoms with Crippen LogP contribution in [0.25, 0.3) is 21.9 Å². The zero-order valence-electron chi connectivity index (χ0n) is 29.3. The smallest absolute Gasteiger partial charge is 0.229 e. The molecule has 0 amide bonds. The van der Waals surface area contributed by atoms with Gasteiger partial charge in [-0.15, -0.1) is 0 Å². The Kier molecular flexibility index (Phi) is 12.2. The molecule has 2 aliphatic rings. The molecule has 0 aliphatic carbocycles. The third kappa shape index (κ3) is 7.49. The number of allylic oxidation sites excluding steroid dienone is 4. The summed E-state index contributed by atoms with van der Waals surface area (Å²) in [7, 11) is 1.38. The van der Waals surface area contributed by atoms with Crippen LogP contribution in [0.5, 0.6) is 23.0 Å². The van der Waals surface area contributed by atoms with Crippen molar-refractivity contribution >= 4 is 21.9 Å². The summed E-state index contributed by atoms with van der Waals surface area (Å²) in [4.78, 5) is 14.4. The Morgan fingerprint density at radius 2 is 1.37 bits per heavy atom. The van der Waals surface area contributed by atoms with Crippen LogP contribution in [0.3, 0.4) is 0 Å². The van der Waals surface area contributed by atoms with Gasteiger partial charge < -0.3 is 74.1 Å². The Morgan fingerprint density at radius 1 is 0.750 bits per heavy atom. The van der Waals surface area contributed by atoms with Crippen molar-refractivity contribution < 1.29 is 74.1 Å². The van der Waals surface area contributed by atoms with Gasteiger partial charge in [0.2, 0.25) is 11.7 Å². The van der Waals surface area contributed by atoms with Crippen LogP contribution in [0.4, 0.5) is 0 Å². The van der Waals surface area contributed by atoms with Gasteiger partial charge in [0.25, 0.3) is 0 Å². The summed E-state index contributed by atoms with van der Waals surface area (Å²) >= 11 is 0. The van der Waals surface area contributed by atoms with Crippen molar-refractivity contribution in [2.24, 2.45) is 0 Å². The van der Waals surface area contributed by atoms with Gasteiger partial charge in [-0.25, -0.2) is 0 Å². The lowest BCUT2D eigenvalue weighted by atomic mass is 9.96. The number of hydrogen-bond acceptors (Lipinski definition) is 16. The molecule has 3 heterocycles. The molecule has 286 valence electrons. The fourth-order valence-corrected chi connectivity index (χ4v) is 6.24. The van der Waals surface area contributed by atoms with E-state index in [1.165, 1.54) is 7.11 Å². The molecule has 5 rings (SSSR count). The molecule has 52 heavy (non-hydrogen) atoms. The molecule has 9 N–H and O–H groups in total. The monoisotopic (exact) mass is 734 g/mol. The number of rotatable bonds is 11. The van der Waals surface area contributed by atoms with E-state index in [0.29, 0.717) is 5.56 Å². The number of benzene rings is 2. The summed E-state index contributed by atoms with van der Waals surface area (Å²) in [6.45, 7) is 5.85. The van der Waals surface area contributed by atoms with E-state index < -0.39 is 85.8 Å². The number of phenolic OH excluding ortho intramolecular Hbond substituents is 2. The van der Waals surface area contributed by atoms with Crippen LogP contribution in [0.2, 0.25) is 0 Å². The maximum absolute atomic E-state index is 14.4. The molecule has 0 bridgehead atoms. The van der Waals surface area contributed by atoms with Gasteiger partial charge in [-0.1, -0.05) is 23.3 Å². The number of methoxy groups -OCH3 is 1. The molecule has 2 fully saturated rings. The van der Waals surface area contributed by atoms with Crippen LogP contribution >= 0.6 is 0 Å². The van der Waals surface area contributed by atoms with Gasteiger partial charge in [0.05, 0.1) is 25.7 Å². The number of hydrogen-bond donors (Lipinski definition) is 9. The van der Waals surface area contributed by atoms with E-state index in [-0.39, 0.29) is 57.6 Å². The summed E-state index contributed by atoms with van der Waals surface area (Å²) < 4.78 is 34.3. The molecule has 0 unspecified atom stereocenters. The van der Waals surface area contributed by atoms with Gasteiger partial charge in [0.1, 0.15) is 65.7 Å². The normalized spacial score (nSPS) is 29.2. The molecule has 1 aromatic heterocycles. The molecular weight excluding hydrogens is 688 g/mol. The molecule has 0 radical (unpaired) electrons. The first-order valence-electron chi connectivity index (χ1n) is 16.7. The molecule has 2 aromatic carbocycles. The first-order valence-corrected chi connectivity index (χ1v) is 16.7. The number of aliphatic hydroxyl groups is 7. The summed E-state index contributed by atoms with van der Waals surface area (Å²) in [5.74, 6) is -0.901. The number of aromatic hydroxyl groups is 2. The van der Waals surface area contributed by atoms with Crippen LogP contribution in [0.1, 0.15) is 38.8 Å². The fraction of sp³-hybridized carbons (Fsp3) is 0.528. The zero-order chi connectivity index (χ0) is 38.2. The molecule has 0 saturated carbocycles. The number of ether oxygens (including phenoxy) is 5. The zero-order valence-corrected chi connectivity index (χ0v) is 29.3. The Hall–Kier alpha value is -3.81. The van der Waals surface area contributed by atoms with E-state index in [2.05, 4.69) is 0 Å². The Balaban J connectivity index is 1.57. The standard InChI is InChI=1S/C36H46O16/c1-14(2)6-8-16-10-20(47-5)33-24(25(16)40)27(42)23-17(9-7-15(3)4)19(11-18(39)32(23)51-33)48-35-31(46)29(44)34(22(13-38)50-35)52-36-30(45)28(43)26(41)21(12-37)49-36/h6-7,10-11,21-22,26,28-31,34-41,43-46H,8-9,12-13H2,1-5H3/t21-,22-,26+,28-,29-,30-,31-,34-,35+,36-/m1/s1. The van der Waals surface area contributed by atoms with Gasteiger partial charge in [-0.05, 0) is 46.6 Å². The van der Waals surface area contributed by atoms with Crippen LogP contribution in [-0.2, 0) is 27.1 Å². The highest BCUT2D eigenvalue weighted by atomic mass is 16.7. The lowest BCUT2D eigenvalue weighted by molar-refractivity contribution is -0.352. The third-order valence-corrected chi connectivity index (χ3v) is 9.15. The minimum absolute atomic E-state index is 0.0394. The summed E-state index contributed by atoms with van der Waals surface area (Å²) in [5, 5.41) is 94.9. The molecule has 2 saturated heterocycles. The summed E-state index contributed by atoms with van der Waals surface area (Å²) in [6, 6.07) is 2.68. The molecule has 16 nitrogen and oxygen atoms in total. The molecule has 16 heteroatoms. The minimum Gasteiger partial charge on any atom is -0.507 e. The third-order valence-electron chi connectivity index (χ3n) is 9.15. The molecule has 3 aromatic rings. The second-order valence-electron chi connectivity index (χ2n) is 13.4. The first kappa shape index (κ1) is 39.4. The topological polar surface area (TPSA) is 258 Å². The van der Waals surface area contributed by atoms with Crippen LogP contribution in [0.15, 0.2) is 44.6 Å². The Bertz CT molecular complexity index is 1870. The highest BCUT2D eigenvalue weighted by Crippen LogP contribution is 2.42. The Labute approximate surface area is 297 Å². The number of phenols is 2. The van der Waals surface area contributed by atoms with Crippen molar-refractivity contribution in [3.8, 4) is 23.0 Å². The fourth-order valence-electron chi connectivity index (χ4n) is 6.24. The van der Waals surface area contributed by atoms with E-state index in [1.807, 2.05) is 33.8 Å². The van der Waals surface area contributed by atoms with E-state index in [4.69, 9.17) is 28.1 Å². The van der Waals surface area contributed by atoms with Crippen molar-refractivity contribution in [3.63, 3.8) is 0 Å². The highest BCUT2D eigenvalue weighted by Gasteiger charge is 2.51. The summed E-state index contributed by atoms with van der Waals surface area (Å²) in [6.07, 6.45) is -13.0. The molecule has 0 spiro atoms. The van der Waals surface area contributed by atoms with Gasteiger partial charge in [-0.2, -0.15) is 0 Å². The van der Waals surface area contributed by atoms with E-state index in [1.54, 1.807) is 12.1 Å². The number of aliphatic hydroxyl groups excluding tert-OH is 7. The van der Waals surface area contributed by atoms with Crippen LogP contribution < -0.4 is 14.9 Å². The van der Waals surface area contributed by atoms with Crippen molar-refractivity contribution in [1.29, 1.82) is 0 Å². The largest absolute Gasteiger partial charge is 0.507 e. The molecule has 2 aliphatic heterocycles. The van der Waals surface area contributed by atoms with Crippen LogP contribution in [-0.4, -0.2) is 128 Å². The molecule has 10 atom stereocenters. The van der Waals surface area contributed by atoms with Gasteiger partial charge in [-0.3, -0.25) is 4.79 Å². The van der Waals surface area contributed by atoms with Gasteiger partial charge in [0, 0.05) is 17.2 Å². The van der Waals surface area contributed by atoms with Gasteiger partial charge in [0.15, 0.2) is 29.0 Å². The van der Waals surface area contributed by atoms with E-state index in [0.717, 1.165) is 17.2 Å². The average Bonchev–Trinajstić information content (AvgIpc) is 3.10. The van der Waals surface area contributed by atoms with E-state index in [9.17, 15) is 50.8 Å². The second-order valence-corrected chi connectivity index (χ2v) is 13.4. The first-order chi connectivity index (χ1) is 24.6.